The maximum absolute atomic E-state index is 6.33. The van der Waals surface area contributed by atoms with Crippen molar-refractivity contribution in [2.24, 2.45) is 5.92 Å². The van der Waals surface area contributed by atoms with Crippen LogP contribution in [-0.4, -0.2) is 15.0 Å². The molecule has 0 aliphatic rings. The van der Waals surface area contributed by atoms with Crippen LogP contribution >= 0.6 is 0 Å². The van der Waals surface area contributed by atoms with Crippen LogP contribution in [-0.2, 0) is 26.5 Å². The van der Waals surface area contributed by atoms with E-state index >= 15 is 0 Å². The fourth-order valence-electron chi connectivity index (χ4n) is 5.62. The number of aromatic nitrogens is 3. The molecule has 7 aromatic rings. The van der Waals surface area contributed by atoms with Gasteiger partial charge in [0.15, 0.2) is 0 Å². The largest absolute Gasteiger partial charge is 0.486 e. The van der Waals surface area contributed by atoms with Crippen LogP contribution in [0.1, 0.15) is 36.1 Å². The number of fused-ring (bicyclic) bond motifs is 3. The van der Waals surface area contributed by atoms with Crippen LogP contribution < -0.4 is 0 Å². The van der Waals surface area contributed by atoms with Crippen molar-refractivity contribution in [1.29, 1.82) is 0 Å². The van der Waals surface area contributed by atoms with Crippen LogP contribution in [0.15, 0.2) is 108 Å². The minimum Gasteiger partial charge on any atom is -0.486 e. The minimum absolute atomic E-state index is 0. The van der Waals surface area contributed by atoms with E-state index in [0.29, 0.717) is 11.6 Å². The Balaban J connectivity index is 0.000000258. The van der Waals surface area contributed by atoms with Gasteiger partial charge in [0.05, 0.1) is 11.3 Å². The first kappa shape index (κ1) is 32.0. The van der Waals surface area contributed by atoms with E-state index in [1.807, 2.05) is 60.8 Å². The Labute approximate surface area is 279 Å². The first-order valence-electron chi connectivity index (χ1n) is 15.0. The summed E-state index contributed by atoms with van der Waals surface area (Å²) in [6, 6.07) is 36.8. The van der Waals surface area contributed by atoms with Crippen LogP contribution in [0.5, 0.6) is 0 Å². The third kappa shape index (κ3) is 6.96. The average molecular weight is 766 g/mol. The van der Waals surface area contributed by atoms with Gasteiger partial charge in [0.2, 0.25) is 5.71 Å². The Morgan fingerprint density at radius 1 is 0.711 bits per heavy atom. The van der Waals surface area contributed by atoms with Crippen molar-refractivity contribution in [2.75, 3.05) is 0 Å². The van der Waals surface area contributed by atoms with Crippen molar-refractivity contribution in [3.8, 4) is 33.8 Å². The number of hydrogen-bond acceptors (Lipinski definition) is 4. The van der Waals surface area contributed by atoms with Crippen LogP contribution in [0, 0.1) is 38.8 Å². The van der Waals surface area contributed by atoms with Gasteiger partial charge in [-0.15, -0.1) is 54.1 Å². The zero-order valence-electron chi connectivity index (χ0n) is 26.2. The molecular weight excluding hydrogens is 731 g/mol. The molecule has 0 bridgehead atoms. The molecule has 0 amide bonds. The molecule has 4 aromatic heterocycles. The van der Waals surface area contributed by atoms with Crippen molar-refractivity contribution in [3.05, 3.63) is 138 Å². The van der Waals surface area contributed by atoms with Gasteiger partial charge in [-0.3, -0.25) is 0 Å². The summed E-state index contributed by atoms with van der Waals surface area (Å²) < 4.78 is 6.33. The Morgan fingerprint density at radius 2 is 1.51 bits per heavy atom. The van der Waals surface area contributed by atoms with E-state index in [1.165, 1.54) is 27.8 Å². The molecule has 0 fully saturated rings. The van der Waals surface area contributed by atoms with Crippen LogP contribution in [0.4, 0.5) is 0 Å². The first-order valence-corrected chi connectivity index (χ1v) is 15.0. The number of aryl methyl sites for hydroxylation is 3. The zero-order chi connectivity index (χ0) is 30.6. The predicted molar refractivity (Wildman–Crippen MR) is 180 cm³/mol. The molecule has 0 unspecified atom stereocenters. The van der Waals surface area contributed by atoms with E-state index in [4.69, 9.17) is 14.4 Å². The molecule has 4 nitrogen and oxygen atoms in total. The number of hydrogen-bond donors (Lipinski definition) is 0. The van der Waals surface area contributed by atoms with Gasteiger partial charge in [0.1, 0.15) is 0 Å². The molecule has 1 radical (unpaired) electrons. The molecule has 0 atom stereocenters. The molecule has 0 N–H and O–H groups in total. The summed E-state index contributed by atoms with van der Waals surface area (Å²) in [5.41, 5.74) is 12.3. The van der Waals surface area contributed by atoms with Crippen molar-refractivity contribution in [2.45, 2.75) is 41.0 Å². The zero-order valence-corrected chi connectivity index (χ0v) is 28.6. The van der Waals surface area contributed by atoms with Gasteiger partial charge in [-0.2, -0.15) is 0 Å². The molecule has 0 saturated heterocycles. The third-order valence-electron chi connectivity index (χ3n) is 7.79. The van der Waals surface area contributed by atoms with Gasteiger partial charge in [0, 0.05) is 43.4 Å². The third-order valence-corrected chi connectivity index (χ3v) is 7.79. The van der Waals surface area contributed by atoms with Crippen molar-refractivity contribution < 1.29 is 24.5 Å². The van der Waals surface area contributed by atoms with Gasteiger partial charge in [-0.1, -0.05) is 66.8 Å². The van der Waals surface area contributed by atoms with E-state index in [-0.39, 0.29) is 20.1 Å². The molecule has 227 valence electrons. The summed E-state index contributed by atoms with van der Waals surface area (Å²) in [6.07, 6.45) is 4.82. The first-order chi connectivity index (χ1) is 21.4. The summed E-state index contributed by atoms with van der Waals surface area (Å²) in [5, 5.41) is 2.05. The maximum Gasteiger partial charge on any atom is 0.216 e. The second-order valence-corrected chi connectivity index (χ2v) is 11.6. The monoisotopic (exact) mass is 766 g/mol. The number of rotatable bonds is 5. The van der Waals surface area contributed by atoms with E-state index < -0.39 is 0 Å². The normalized spacial score (nSPS) is 10.9. The van der Waals surface area contributed by atoms with Crippen molar-refractivity contribution in [1.82, 2.24) is 15.0 Å². The molecular formula is C40H35IrN3O-2. The summed E-state index contributed by atoms with van der Waals surface area (Å²) in [7, 11) is 0. The van der Waals surface area contributed by atoms with Gasteiger partial charge >= 0.3 is 0 Å². The SMILES string of the molecule is Cc1cc(-c2[c-]ccc3c2oc2nc(-c4c(C)cccc4C)ccc23)ncc1CC(C)C.[Ir].[c-]1ccccc1-c1ccccn1. The van der Waals surface area contributed by atoms with Gasteiger partial charge in [0.25, 0.3) is 0 Å². The number of pyridine rings is 3. The number of benzene rings is 3. The standard InChI is InChI=1S/C29H27N2O.C11H8N.Ir/c1-17(2)14-21-16-30-26(15-20(21)5)24-11-7-10-22-23-12-13-25(31-29(23)32-28(22)24)27-18(3)8-6-9-19(27)4;1-2-6-10(7-3-1)11-8-4-5-9-12-11;/h6-10,12-13,15-17H,14H2,1-5H3;1-6,8-9H;/q2*-1;. The smallest absolute Gasteiger partial charge is 0.216 e. The maximum atomic E-state index is 6.33. The summed E-state index contributed by atoms with van der Waals surface area (Å²) >= 11 is 0. The molecule has 7 rings (SSSR count). The van der Waals surface area contributed by atoms with E-state index in [0.717, 1.165) is 51.0 Å². The second-order valence-electron chi connectivity index (χ2n) is 11.6. The quantitative estimate of drug-likeness (QED) is 0.164. The van der Waals surface area contributed by atoms with E-state index in [1.54, 1.807) is 6.20 Å². The van der Waals surface area contributed by atoms with Crippen LogP contribution in [0.25, 0.3) is 55.8 Å². The molecule has 45 heavy (non-hydrogen) atoms. The number of nitrogens with zero attached hydrogens (tertiary/aromatic N) is 3. The van der Waals surface area contributed by atoms with Crippen molar-refractivity contribution >= 4 is 22.1 Å². The molecule has 0 saturated carbocycles. The fraction of sp³-hybridized carbons (Fsp3) is 0.175. The molecule has 5 heteroatoms. The van der Waals surface area contributed by atoms with Gasteiger partial charge < -0.3 is 14.4 Å². The summed E-state index contributed by atoms with van der Waals surface area (Å²) in [6.45, 7) is 10.9. The molecule has 0 aliphatic heterocycles. The Hall–Kier alpha value is -4.44. The van der Waals surface area contributed by atoms with Crippen molar-refractivity contribution in [3.63, 3.8) is 0 Å². The van der Waals surface area contributed by atoms with E-state index in [9.17, 15) is 0 Å². The molecule has 0 spiro atoms. The molecule has 4 heterocycles. The predicted octanol–water partition coefficient (Wildman–Crippen LogP) is 10.2. The summed E-state index contributed by atoms with van der Waals surface area (Å²) in [4.78, 5) is 13.9. The second kappa shape index (κ2) is 14.1. The molecule has 3 aromatic carbocycles. The van der Waals surface area contributed by atoms with E-state index in [2.05, 4.69) is 88.1 Å². The Bertz CT molecular complexity index is 1990. The molecule has 0 aliphatic carbocycles. The van der Waals surface area contributed by atoms with Crippen LogP contribution in [0.2, 0.25) is 0 Å². The number of furan rings is 1. The minimum atomic E-state index is 0. The average Bonchev–Trinajstić information content (AvgIpc) is 3.41. The van der Waals surface area contributed by atoms with Gasteiger partial charge in [-0.25, -0.2) is 4.98 Å². The summed E-state index contributed by atoms with van der Waals surface area (Å²) in [5.74, 6) is 0.601. The topological polar surface area (TPSA) is 51.8 Å². The Kier molecular flexibility index (Phi) is 10.0. The fourth-order valence-corrected chi connectivity index (χ4v) is 5.62. The Morgan fingerprint density at radius 3 is 2.20 bits per heavy atom. The van der Waals surface area contributed by atoms with Crippen LogP contribution in [0.3, 0.4) is 0 Å². The van der Waals surface area contributed by atoms with Gasteiger partial charge in [-0.05, 0) is 79.4 Å².